The van der Waals surface area contributed by atoms with Gasteiger partial charge in [-0.25, -0.2) is 4.79 Å². The Morgan fingerprint density at radius 3 is 3.00 bits per heavy atom. The predicted molar refractivity (Wildman–Crippen MR) is 53.0 cm³/mol. The van der Waals surface area contributed by atoms with Crippen LogP contribution in [0.5, 0.6) is 0 Å². The average molecular weight is 198 g/mol. The second-order valence-corrected chi connectivity index (χ2v) is 4.28. The molecule has 1 amide bonds. The first-order chi connectivity index (χ1) is 6.74. The van der Waals surface area contributed by atoms with Gasteiger partial charge in [-0.15, -0.1) is 0 Å². The quantitative estimate of drug-likeness (QED) is 0.622. The molecule has 2 fully saturated rings. The third-order valence-corrected chi connectivity index (χ3v) is 3.62. The van der Waals surface area contributed by atoms with E-state index < -0.39 is 0 Å². The number of methoxy groups -OCH3 is 1. The van der Waals surface area contributed by atoms with Crippen LogP contribution >= 0.6 is 0 Å². The number of likely N-dealkylation sites (tertiary alicyclic amines) is 1. The van der Waals surface area contributed by atoms with E-state index in [-0.39, 0.29) is 6.09 Å². The summed E-state index contributed by atoms with van der Waals surface area (Å²) in [5.74, 6) is 1.29. The Kier molecular flexibility index (Phi) is 2.63. The summed E-state index contributed by atoms with van der Waals surface area (Å²) < 4.78 is 4.78. The molecule has 4 nitrogen and oxygen atoms in total. The van der Waals surface area contributed by atoms with E-state index in [1.807, 2.05) is 4.90 Å². The van der Waals surface area contributed by atoms with Crippen molar-refractivity contribution < 1.29 is 9.53 Å². The van der Waals surface area contributed by atoms with Gasteiger partial charge in [0.2, 0.25) is 0 Å². The lowest BCUT2D eigenvalue weighted by Crippen LogP contribution is -2.38. The van der Waals surface area contributed by atoms with E-state index in [9.17, 15) is 4.79 Å². The third-order valence-electron chi connectivity index (χ3n) is 3.62. The van der Waals surface area contributed by atoms with Crippen LogP contribution in [0.2, 0.25) is 0 Å². The second-order valence-electron chi connectivity index (χ2n) is 4.28. The largest absolute Gasteiger partial charge is 0.453 e. The van der Waals surface area contributed by atoms with Crippen molar-refractivity contribution in [3.05, 3.63) is 0 Å². The van der Waals surface area contributed by atoms with E-state index in [0.717, 1.165) is 19.6 Å². The van der Waals surface area contributed by atoms with Crippen LogP contribution in [0.4, 0.5) is 4.79 Å². The molecule has 0 bridgehead atoms. The van der Waals surface area contributed by atoms with Gasteiger partial charge in [0.05, 0.1) is 7.11 Å². The van der Waals surface area contributed by atoms with Crippen molar-refractivity contribution >= 4 is 6.09 Å². The molecule has 2 rings (SSSR count). The zero-order valence-corrected chi connectivity index (χ0v) is 8.82. The second kappa shape index (κ2) is 3.77. The first kappa shape index (κ1) is 9.77. The van der Waals surface area contributed by atoms with Crippen LogP contribution in [-0.2, 0) is 4.74 Å². The number of piperidine rings is 1. The number of hydrogen-bond donors (Lipinski definition) is 1. The van der Waals surface area contributed by atoms with E-state index >= 15 is 0 Å². The fourth-order valence-electron chi connectivity index (χ4n) is 2.79. The van der Waals surface area contributed by atoms with Crippen LogP contribution in [0, 0.1) is 11.8 Å². The van der Waals surface area contributed by atoms with Gasteiger partial charge in [-0.3, -0.25) is 0 Å². The molecule has 14 heavy (non-hydrogen) atoms. The monoisotopic (exact) mass is 198 g/mol. The molecule has 2 aliphatic rings. The molecule has 1 N–H and O–H groups in total. The Hall–Kier alpha value is -0.770. The minimum absolute atomic E-state index is 0.174. The highest BCUT2D eigenvalue weighted by molar-refractivity contribution is 5.68. The van der Waals surface area contributed by atoms with Gasteiger partial charge in [0.1, 0.15) is 0 Å². The number of nitrogens with one attached hydrogen (secondary N) is 1. The lowest BCUT2D eigenvalue weighted by Gasteiger charge is -2.27. The van der Waals surface area contributed by atoms with Crippen molar-refractivity contribution in [2.45, 2.75) is 19.4 Å². The van der Waals surface area contributed by atoms with E-state index in [4.69, 9.17) is 4.74 Å². The SMILES string of the molecule is COC(=O)N1CC2CNCCC2C1C. The topological polar surface area (TPSA) is 41.6 Å². The van der Waals surface area contributed by atoms with Gasteiger partial charge in [0, 0.05) is 12.6 Å². The molecule has 4 heteroatoms. The average Bonchev–Trinajstić information content (AvgIpc) is 2.56. The Morgan fingerprint density at radius 1 is 1.57 bits per heavy atom. The molecular weight excluding hydrogens is 180 g/mol. The Labute approximate surface area is 84.6 Å². The van der Waals surface area contributed by atoms with Gasteiger partial charge in [0.25, 0.3) is 0 Å². The third kappa shape index (κ3) is 1.47. The summed E-state index contributed by atoms with van der Waals surface area (Å²) in [6, 6.07) is 0.342. The van der Waals surface area contributed by atoms with Crippen LogP contribution in [0.3, 0.4) is 0 Å². The predicted octanol–water partition coefficient (Wildman–Crippen LogP) is 0.683. The fraction of sp³-hybridized carbons (Fsp3) is 0.900. The molecule has 0 aromatic rings. The van der Waals surface area contributed by atoms with Crippen LogP contribution in [0.1, 0.15) is 13.3 Å². The minimum Gasteiger partial charge on any atom is -0.453 e. The number of fused-ring (bicyclic) bond motifs is 1. The van der Waals surface area contributed by atoms with Gasteiger partial charge < -0.3 is 15.0 Å². The fourth-order valence-corrected chi connectivity index (χ4v) is 2.79. The van der Waals surface area contributed by atoms with Gasteiger partial charge in [-0.2, -0.15) is 0 Å². The van der Waals surface area contributed by atoms with Crippen LogP contribution in [0.15, 0.2) is 0 Å². The van der Waals surface area contributed by atoms with Crippen molar-refractivity contribution in [2.75, 3.05) is 26.7 Å². The number of rotatable bonds is 0. The number of hydrogen-bond acceptors (Lipinski definition) is 3. The minimum atomic E-state index is -0.174. The molecule has 0 saturated carbocycles. The molecule has 80 valence electrons. The first-order valence-electron chi connectivity index (χ1n) is 5.29. The molecular formula is C10H18N2O2. The summed E-state index contributed by atoms with van der Waals surface area (Å²) in [7, 11) is 1.45. The standard InChI is InChI=1S/C10H18N2O2/c1-7-9-3-4-11-5-8(9)6-12(7)10(13)14-2/h7-9,11H,3-6H2,1-2H3. The number of ether oxygens (including phenoxy) is 1. The molecule has 0 radical (unpaired) electrons. The summed E-state index contributed by atoms with van der Waals surface area (Å²) in [6.45, 7) is 5.11. The highest BCUT2D eigenvalue weighted by Gasteiger charge is 2.42. The van der Waals surface area contributed by atoms with Crippen molar-refractivity contribution in [1.29, 1.82) is 0 Å². The van der Waals surface area contributed by atoms with Gasteiger partial charge in [0.15, 0.2) is 0 Å². The van der Waals surface area contributed by atoms with E-state index in [0.29, 0.717) is 17.9 Å². The maximum atomic E-state index is 11.5. The van der Waals surface area contributed by atoms with Crippen LogP contribution in [-0.4, -0.2) is 43.8 Å². The normalized spacial score (nSPS) is 36.7. The molecule has 3 atom stereocenters. The van der Waals surface area contributed by atoms with Crippen molar-refractivity contribution in [2.24, 2.45) is 11.8 Å². The summed E-state index contributed by atoms with van der Waals surface area (Å²) in [6.07, 6.45) is 1.01. The molecule has 2 saturated heterocycles. The summed E-state index contributed by atoms with van der Waals surface area (Å²) in [5, 5.41) is 3.38. The molecule has 0 aliphatic carbocycles. The first-order valence-corrected chi connectivity index (χ1v) is 5.29. The number of nitrogens with zero attached hydrogens (tertiary/aromatic N) is 1. The van der Waals surface area contributed by atoms with Gasteiger partial charge in [-0.05, 0) is 38.3 Å². The molecule has 3 unspecified atom stereocenters. The van der Waals surface area contributed by atoms with Crippen LogP contribution < -0.4 is 5.32 Å². The van der Waals surface area contributed by atoms with E-state index in [2.05, 4.69) is 12.2 Å². The Bertz CT molecular complexity index is 232. The molecule has 2 heterocycles. The highest BCUT2D eigenvalue weighted by Crippen LogP contribution is 2.33. The van der Waals surface area contributed by atoms with Crippen molar-refractivity contribution in [3.63, 3.8) is 0 Å². The maximum absolute atomic E-state index is 11.5. The summed E-state index contributed by atoms with van der Waals surface area (Å²) in [4.78, 5) is 13.3. The Balaban J connectivity index is 2.06. The Morgan fingerprint density at radius 2 is 2.36 bits per heavy atom. The van der Waals surface area contributed by atoms with Gasteiger partial charge in [-0.1, -0.05) is 0 Å². The highest BCUT2D eigenvalue weighted by atomic mass is 16.5. The lowest BCUT2D eigenvalue weighted by molar-refractivity contribution is 0.117. The van der Waals surface area contributed by atoms with Crippen molar-refractivity contribution in [3.8, 4) is 0 Å². The van der Waals surface area contributed by atoms with E-state index in [1.54, 1.807) is 0 Å². The zero-order chi connectivity index (χ0) is 10.1. The van der Waals surface area contributed by atoms with E-state index in [1.165, 1.54) is 13.5 Å². The molecule has 2 aliphatic heterocycles. The number of carbonyl (C=O) groups is 1. The number of carbonyl (C=O) groups excluding carboxylic acids is 1. The zero-order valence-electron chi connectivity index (χ0n) is 8.82. The van der Waals surface area contributed by atoms with Crippen LogP contribution in [0.25, 0.3) is 0 Å². The smallest absolute Gasteiger partial charge is 0.409 e. The maximum Gasteiger partial charge on any atom is 0.409 e. The summed E-state index contributed by atoms with van der Waals surface area (Å²) >= 11 is 0. The summed E-state index contributed by atoms with van der Waals surface area (Å²) in [5.41, 5.74) is 0. The molecule has 0 aromatic carbocycles. The number of amides is 1. The molecule has 0 spiro atoms. The molecule has 0 aromatic heterocycles. The van der Waals surface area contributed by atoms with Gasteiger partial charge >= 0.3 is 6.09 Å². The lowest BCUT2D eigenvalue weighted by atomic mass is 9.86. The van der Waals surface area contributed by atoms with Crippen molar-refractivity contribution in [1.82, 2.24) is 10.2 Å².